The van der Waals surface area contributed by atoms with Crippen LogP contribution in [-0.2, 0) is 13.1 Å². The van der Waals surface area contributed by atoms with E-state index in [-0.39, 0.29) is 17.3 Å². The van der Waals surface area contributed by atoms with Gasteiger partial charge in [-0.1, -0.05) is 0 Å². The molecule has 110 valence electrons. The Morgan fingerprint density at radius 3 is 2.60 bits per heavy atom. The number of fused-ring (bicyclic) bond motifs is 1. The molecule has 0 saturated carbocycles. The van der Waals surface area contributed by atoms with E-state index in [1.54, 1.807) is 15.5 Å². The van der Waals surface area contributed by atoms with Crippen molar-refractivity contribution in [3.05, 3.63) is 27.2 Å². The van der Waals surface area contributed by atoms with E-state index in [0.717, 1.165) is 0 Å². The average Bonchev–Trinajstić information content (AvgIpc) is 2.82. The molecule has 20 heavy (non-hydrogen) atoms. The van der Waals surface area contributed by atoms with Crippen molar-refractivity contribution < 1.29 is 0 Å². The summed E-state index contributed by atoms with van der Waals surface area (Å²) < 4.78 is 4.61. The molecule has 0 unspecified atom stereocenters. The van der Waals surface area contributed by atoms with Crippen molar-refractivity contribution in [2.24, 2.45) is 5.73 Å². The van der Waals surface area contributed by atoms with Gasteiger partial charge >= 0.3 is 5.69 Å². The van der Waals surface area contributed by atoms with Crippen LogP contribution in [0.3, 0.4) is 0 Å². The Labute approximate surface area is 116 Å². The van der Waals surface area contributed by atoms with Crippen molar-refractivity contribution >= 4 is 11.2 Å². The summed E-state index contributed by atoms with van der Waals surface area (Å²) in [5, 5.41) is 0. The molecule has 0 atom stereocenters. The predicted molar refractivity (Wildman–Crippen MR) is 78.0 cm³/mol. The summed E-state index contributed by atoms with van der Waals surface area (Å²) in [5.74, 6) is 0. The number of aromatic nitrogens is 4. The van der Waals surface area contributed by atoms with Gasteiger partial charge in [0.1, 0.15) is 0 Å². The Balaban J connectivity index is 2.86. The van der Waals surface area contributed by atoms with Crippen molar-refractivity contribution in [1.82, 2.24) is 18.7 Å². The van der Waals surface area contributed by atoms with Gasteiger partial charge in [0.25, 0.3) is 5.56 Å². The zero-order chi connectivity index (χ0) is 14.9. The summed E-state index contributed by atoms with van der Waals surface area (Å²) >= 11 is 0. The molecule has 7 heteroatoms. The number of nitrogens with zero attached hydrogens (tertiary/aromatic N) is 4. The number of imidazole rings is 1. The van der Waals surface area contributed by atoms with Gasteiger partial charge < -0.3 is 10.3 Å². The second-order valence-electron chi connectivity index (χ2n) is 5.05. The normalized spacial score (nSPS) is 11.7. The SMILES string of the molecule is CCn1cnc2c1c(=O)n(CCCN)c(=O)n2C(C)C. The number of rotatable bonds is 5. The maximum absolute atomic E-state index is 12.5. The third-order valence-electron chi connectivity index (χ3n) is 3.37. The van der Waals surface area contributed by atoms with E-state index < -0.39 is 0 Å². The Morgan fingerprint density at radius 2 is 2.05 bits per heavy atom. The summed E-state index contributed by atoms with van der Waals surface area (Å²) in [5.41, 5.74) is 5.83. The van der Waals surface area contributed by atoms with Crippen LogP contribution < -0.4 is 17.0 Å². The summed E-state index contributed by atoms with van der Waals surface area (Å²) in [6, 6.07) is -0.0602. The van der Waals surface area contributed by atoms with Crippen molar-refractivity contribution in [3.8, 4) is 0 Å². The molecule has 7 nitrogen and oxygen atoms in total. The van der Waals surface area contributed by atoms with Gasteiger partial charge in [-0.3, -0.25) is 13.9 Å². The Kier molecular flexibility index (Phi) is 4.08. The summed E-state index contributed by atoms with van der Waals surface area (Å²) in [6.45, 7) is 7.17. The van der Waals surface area contributed by atoms with Gasteiger partial charge in [0.05, 0.1) is 6.33 Å². The number of aryl methyl sites for hydroxylation is 1. The average molecular weight is 279 g/mol. The van der Waals surface area contributed by atoms with Crippen LogP contribution >= 0.6 is 0 Å². The van der Waals surface area contributed by atoms with Crippen LogP contribution in [0.5, 0.6) is 0 Å². The molecule has 0 fully saturated rings. The third-order valence-corrected chi connectivity index (χ3v) is 3.37. The highest BCUT2D eigenvalue weighted by atomic mass is 16.2. The largest absolute Gasteiger partial charge is 0.332 e. The van der Waals surface area contributed by atoms with Gasteiger partial charge in [0.2, 0.25) is 0 Å². The molecule has 0 aliphatic heterocycles. The lowest BCUT2D eigenvalue weighted by Crippen LogP contribution is -2.41. The molecule has 2 rings (SSSR count). The molecule has 0 aromatic carbocycles. The first-order chi connectivity index (χ1) is 9.52. The Hall–Kier alpha value is -1.89. The summed E-state index contributed by atoms with van der Waals surface area (Å²) in [7, 11) is 0. The van der Waals surface area contributed by atoms with Gasteiger partial charge in [-0.15, -0.1) is 0 Å². The topological polar surface area (TPSA) is 87.8 Å². The highest BCUT2D eigenvalue weighted by Crippen LogP contribution is 2.11. The molecule has 0 amide bonds. The second kappa shape index (κ2) is 5.62. The smallest absolute Gasteiger partial charge is 0.330 e. The second-order valence-corrected chi connectivity index (χ2v) is 5.05. The van der Waals surface area contributed by atoms with Crippen LogP contribution in [0, 0.1) is 0 Å². The molecule has 2 aromatic rings. The minimum Gasteiger partial charge on any atom is -0.330 e. The standard InChI is InChI=1S/C13H21N5O2/c1-4-16-8-15-11-10(16)12(19)17(7-5-6-14)13(20)18(11)9(2)3/h8-9H,4-7,14H2,1-3H3. The fourth-order valence-corrected chi connectivity index (χ4v) is 2.35. The van der Waals surface area contributed by atoms with Crippen molar-refractivity contribution in [2.75, 3.05) is 6.54 Å². The minimum atomic E-state index is -0.313. The summed E-state index contributed by atoms with van der Waals surface area (Å²) in [4.78, 5) is 29.2. The van der Waals surface area contributed by atoms with Gasteiger partial charge in [-0.2, -0.15) is 0 Å². The van der Waals surface area contributed by atoms with E-state index in [1.165, 1.54) is 4.57 Å². The molecule has 0 bridgehead atoms. The van der Waals surface area contributed by atoms with Crippen LogP contribution in [0.4, 0.5) is 0 Å². The molecule has 2 aromatic heterocycles. The van der Waals surface area contributed by atoms with E-state index in [2.05, 4.69) is 4.98 Å². The summed E-state index contributed by atoms with van der Waals surface area (Å²) in [6.07, 6.45) is 2.21. The van der Waals surface area contributed by atoms with Crippen LogP contribution in [0.2, 0.25) is 0 Å². The quantitative estimate of drug-likeness (QED) is 0.853. The first-order valence-corrected chi connectivity index (χ1v) is 6.93. The molecule has 0 radical (unpaired) electrons. The van der Waals surface area contributed by atoms with E-state index in [4.69, 9.17) is 5.73 Å². The van der Waals surface area contributed by atoms with E-state index in [1.807, 2.05) is 20.8 Å². The van der Waals surface area contributed by atoms with Crippen molar-refractivity contribution in [1.29, 1.82) is 0 Å². The maximum Gasteiger partial charge on any atom is 0.332 e. The number of nitrogens with two attached hydrogens (primary N) is 1. The molecule has 0 aliphatic rings. The molecule has 2 N–H and O–H groups in total. The monoisotopic (exact) mass is 279 g/mol. The highest BCUT2D eigenvalue weighted by Gasteiger charge is 2.18. The maximum atomic E-state index is 12.5. The first-order valence-electron chi connectivity index (χ1n) is 6.93. The predicted octanol–water partition coefficient (Wildman–Crippen LogP) is 0.309. The van der Waals surface area contributed by atoms with E-state index >= 15 is 0 Å². The number of hydrogen-bond donors (Lipinski definition) is 1. The fourth-order valence-electron chi connectivity index (χ4n) is 2.35. The molecular weight excluding hydrogens is 258 g/mol. The van der Waals surface area contributed by atoms with E-state index in [0.29, 0.717) is 37.2 Å². The van der Waals surface area contributed by atoms with Gasteiger partial charge in [0, 0.05) is 19.1 Å². The molecule has 0 spiro atoms. The first kappa shape index (κ1) is 14.5. The highest BCUT2D eigenvalue weighted by molar-refractivity contribution is 5.70. The molecular formula is C13H21N5O2. The number of hydrogen-bond acceptors (Lipinski definition) is 4. The third kappa shape index (κ3) is 2.18. The van der Waals surface area contributed by atoms with Crippen LogP contribution in [-0.4, -0.2) is 25.2 Å². The van der Waals surface area contributed by atoms with Crippen molar-refractivity contribution in [3.63, 3.8) is 0 Å². The van der Waals surface area contributed by atoms with Crippen LogP contribution in [0.15, 0.2) is 15.9 Å². The Bertz CT molecular complexity index is 723. The molecule has 0 saturated heterocycles. The lowest BCUT2D eigenvalue weighted by atomic mass is 10.3. The van der Waals surface area contributed by atoms with E-state index in [9.17, 15) is 9.59 Å². The van der Waals surface area contributed by atoms with Crippen molar-refractivity contribution in [2.45, 2.75) is 46.3 Å². The Morgan fingerprint density at radius 1 is 1.35 bits per heavy atom. The van der Waals surface area contributed by atoms with Gasteiger partial charge in [0.15, 0.2) is 11.2 Å². The fraction of sp³-hybridized carbons (Fsp3) is 0.615. The molecule has 0 aliphatic carbocycles. The lowest BCUT2D eigenvalue weighted by molar-refractivity contribution is 0.513. The zero-order valence-electron chi connectivity index (χ0n) is 12.2. The minimum absolute atomic E-state index is 0.0602. The molecule has 2 heterocycles. The van der Waals surface area contributed by atoms with Crippen LogP contribution in [0.1, 0.15) is 33.2 Å². The zero-order valence-corrected chi connectivity index (χ0v) is 12.2. The van der Waals surface area contributed by atoms with Gasteiger partial charge in [-0.25, -0.2) is 9.78 Å². The van der Waals surface area contributed by atoms with Gasteiger partial charge in [-0.05, 0) is 33.7 Å². The lowest BCUT2D eigenvalue weighted by Gasteiger charge is -2.14. The van der Waals surface area contributed by atoms with Crippen LogP contribution in [0.25, 0.3) is 11.2 Å².